The summed E-state index contributed by atoms with van der Waals surface area (Å²) in [6.45, 7) is 2.88. The van der Waals surface area contributed by atoms with E-state index in [4.69, 9.17) is 5.84 Å². The van der Waals surface area contributed by atoms with Gasteiger partial charge in [0.05, 0.1) is 0 Å². The van der Waals surface area contributed by atoms with Gasteiger partial charge >= 0.3 is 0 Å². The van der Waals surface area contributed by atoms with E-state index in [1.165, 1.54) is 19.4 Å². The van der Waals surface area contributed by atoms with Gasteiger partial charge < -0.3 is 15.2 Å². The zero-order valence-electron chi connectivity index (χ0n) is 12.5. The summed E-state index contributed by atoms with van der Waals surface area (Å²) in [7, 11) is 2.20. The Morgan fingerprint density at radius 1 is 1.43 bits per heavy atom. The van der Waals surface area contributed by atoms with Crippen molar-refractivity contribution in [2.45, 2.75) is 25.3 Å². The average Bonchev–Trinajstić information content (AvgIpc) is 2.54. The fourth-order valence-corrected chi connectivity index (χ4v) is 3.66. The highest BCUT2D eigenvalue weighted by Crippen LogP contribution is 2.30. The molecule has 2 aliphatic heterocycles. The fraction of sp³-hybridized carbons (Fsp3) is 0.600. The van der Waals surface area contributed by atoms with E-state index in [9.17, 15) is 4.79 Å². The normalized spacial score (nSPS) is 26.3. The second-order valence-corrected chi connectivity index (χ2v) is 6.06. The Morgan fingerprint density at radius 3 is 3.10 bits per heavy atom. The van der Waals surface area contributed by atoms with Crippen LogP contribution in [0.5, 0.6) is 0 Å². The maximum atomic E-state index is 12.6. The van der Waals surface area contributed by atoms with Crippen LogP contribution in [0.3, 0.4) is 0 Å². The number of rotatable bonds is 2. The van der Waals surface area contributed by atoms with Crippen molar-refractivity contribution in [2.24, 2.45) is 11.8 Å². The van der Waals surface area contributed by atoms with Gasteiger partial charge in [-0.05, 0) is 50.9 Å². The van der Waals surface area contributed by atoms with Gasteiger partial charge in [-0.2, -0.15) is 0 Å². The van der Waals surface area contributed by atoms with Crippen molar-refractivity contribution in [3.63, 3.8) is 0 Å². The molecule has 6 heteroatoms. The van der Waals surface area contributed by atoms with Crippen molar-refractivity contribution in [2.75, 3.05) is 32.1 Å². The standard InChI is InChI=1S/C15H23N5O/c1-19-7-2-3-12-10-20(8-5-13(12)19)15(21)11-4-6-17-14(9-11)18-16/h4,6,9,12-13H,2-3,5,7-8,10,16H2,1H3,(H,17,18). The van der Waals surface area contributed by atoms with E-state index in [1.807, 2.05) is 4.90 Å². The van der Waals surface area contributed by atoms with Crippen molar-refractivity contribution in [1.82, 2.24) is 14.8 Å². The third-order valence-electron chi connectivity index (χ3n) is 4.79. The first-order valence-corrected chi connectivity index (χ1v) is 7.61. The van der Waals surface area contributed by atoms with Gasteiger partial charge in [0.15, 0.2) is 0 Å². The third-order valence-corrected chi connectivity index (χ3v) is 4.79. The molecular formula is C15H23N5O. The Bertz CT molecular complexity index is 521. The second kappa shape index (κ2) is 5.99. The largest absolute Gasteiger partial charge is 0.338 e. The number of amides is 1. The number of piperidine rings is 2. The molecule has 0 saturated carbocycles. The number of hydrazine groups is 1. The number of pyridine rings is 1. The van der Waals surface area contributed by atoms with Gasteiger partial charge in [0, 0.05) is 30.9 Å². The van der Waals surface area contributed by atoms with E-state index in [0.717, 1.165) is 19.5 Å². The lowest BCUT2D eigenvalue weighted by Crippen LogP contribution is -2.53. The molecule has 0 radical (unpaired) electrons. The molecule has 21 heavy (non-hydrogen) atoms. The first-order chi connectivity index (χ1) is 10.2. The number of carbonyl (C=O) groups excluding carboxylic acids is 1. The maximum absolute atomic E-state index is 12.6. The molecular weight excluding hydrogens is 266 g/mol. The topological polar surface area (TPSA) is 74.5 Å². The van der Waals surface area contributed by atoms with Crippen molar-refractivity contribution in [3.8, 4) is 0 Å². The lowest BCUT2D eigenvalue weighted by molar-refractivity contribution is 0.0317. The number of nitrogen functional groups attached to an aromatic ring is 1. The highest BCUT2D eigenvalue weighted by Gasteiger charge is 2.35. The predicted octanol–water partition coefficient (Wildman–Crippen LogP) is 0.924. The number of hydrogen-bond donors (Lipinski definition) is 2. The Kier molecular flexibility index (Phi) is 4.07. The lowest BCUT2D eigenvalue weighted by atomic mass is 9.84. The SMILES string of the molecule is CN1CCCC2CN(C(=O)c3ccnc(NN)c3)CCC21. The number of hydrogen-bond acceptors (Lipinski definition) is 5. The molecule has 2 atom stereocenters. The molecule has 0 spiro atoms. The average molecular weight is 289 g/mol. The molecule has 0 bridgehead atoms. The summed E-state index contributed by atoms with van der Waals surface area (Å²) < 4.78 is 0. The monoisotopic (exact) mass is 289 g/mol. The molecule has 114 valence electrons. The van der Waals surface area contributed by atoms with Crippen molar-refractivity contribution in [1.29, 1.82) is 0 Å². The van der Waals surface area contributed by atoms with E-state index in [0.29, 0.717) is 23.3 Å². The molecule has 2 aliphatic rings. The lowest BCUT2D eigenvalue weighted by Gasteiger charge is -2.46. The second-order valence-electron chi connectivity index (χ2n) is 6.06. The Morgan fingerprint density at radius 2 is 2.29 bits per heavy atom. The number of nitrogens with one attached hydrogen (secondary N) is 1. The molecule has 0 aliphatic carbocycles. The van der Waals surface area contributed by atoms with E-state index in [-0.39, 0.29) is 5.91 Å². The molecule has 0 aromatic carbocycles. The molecule has 2 saturated heterocycles. The van der Waals surface area contributed by atoms with Gasteiger partial charge in [-0.1, -0.05) is 0 Å². The maximum Gasteiger partial charge on any atom is 0.254 e. The van der Waals surface area contributed by atoms with Crippen molar-refractivity contribution < 1.29 is 4.79 Å². The molecule has 3 N–H and O–H groups in total. The Labute approximate surface area is 125 Å². The number of carbonyl (C=O) groups is 1. The number of aromatic nitrogens is 1. The fourth-order valence-electron chi connectivity index (χ4n) is 3.66. The minimum absolute atomic E-state index is 0.0839. The van der Waals surface area contributed by atoms with Gasteiger partial charge in [0.1, 0.15) is 5.82 Å². The molecule has 2 fully saturated rings. The zero-order chi connectivity index (χ0) is 14.8. The van der Waals surface area contributed by atoms with Crippen LogP contribution < -0.4 is 11.3 Å². The van der Waals surface area contributed by atoms with Gasteiger partial charge in [-0.15, -0.1) is 0 Å². The van der Waals surface area contributed by atoms with Crippen molar-refractivity contribution >= 4 is 11.7 Å². The highest BCUT2D eigenvalue weighted by molar-refractivity contribution is 5.94. The Balaban J connectivity index is 1.71. The van der Waals surface area contributed by atoms with Crippen LogP contribution in [0.4, 0.5) is 5.82 Å². The van der Waals surface area contributed by atoms with Crippen LogP contribution in [0.1, 0.15) is 29.6 Å². The smallest absolute Gasteiger partial charge is 0.254 e. The molecule has 2 unspecified atom stereocenters. The van der Waals surface area contributed by atoms with Crippen LogP contribution in [0, 0.1) is 5.92 Å². The number of nitrogens with zero attached hydrogens (tertiary/aromatic N) is 3. The van der Waals surface area contributed by atoms with Crippen LogP contribution >= 0.6 is 0 Å². The zero-order valence-corrected chi connectivity index (χ0v) is 12.5. The number of fused-ring (bicyclic) bond motifs is 1. The molecule has 1 aromatic heterocycles. The summed E-state index contributed by atoms with van der Waals surface area (Å²) in [5.74, 6) is 6.57. The Hall–Kier alpha value is -1.66. The van der Waals surface area contributed by atoms with E-state index in [1.54, 1.807) is 18.3 Å². The molecule has 3 rings (SSSR count). The summed E-state index contributed by atoms with van der Waals surface area (Å²) in [4.78, 5) is 21.1. The number of nitrogens with two attached hydrogens (primary N) is 1. The minimum atomic E-state index is 0.0839. The number of anilines is 1. The molecule has 3 heterocycles. The van der Waals surface area contributed by atoms with Gasteiger partial charge in [0.2, 0.25) is 0 Å². The third kappa shape index (κ3) is 2.87. The number of likely N-dealkylation sites (tertiary alicyclic amines) is 2. The summed E-state index contributed by atoms with van der Waals surface area (Å²) in [6, 6.07) is 4.10. The summed E-state index contributed by atoms with van der Waals surface area (Å²) in [5, 5.41) is 0. The van der Waals surface area contributed by atoms with Crippen LogP contribution in [-0.4, -0.2) is 53.4 Å². The van der Waals surface area contributed by atoms with Crippen LogP contribution in [0.15, 0.2) is 18.3 Å². The molecule has 6 nitrogen and oxygen atoms in total. The van der Waals surface area contributed by atoms with Crippen LogP contribution in [-0.2, 0) is 0 Å². The molecule has 1 amide bonds. The summed E-state index contributed by atoms with van der Waals surface area (Å²) >= 11 is 0. The van der Waals surface area contributed by atoms with E-state index < -0.39 is 0 Å². The van der Waals surface area contributed by atoms with Crippen LogP contribution in [0.25, 0.3) is 0 Å². The molecule has 1 aromatic rings. The minimum Gasteiger partial charge on any atom is -0.338 e. The van der Waals surface area contributed by atoms with Gasteiger partial charge in [0.25, 0.3) is 5.91 Å². The van der Waals surface area contributed by atoms with Crippen molar-refractivity contribution in [3.05, 3.63) is 23.9 Å². The summed E-state index contributed by atoms with van der Waals surface area (Å²) in [6.07, 6.45) is 5.14. The summed E-state index contributed by atoms with van der Waals surface area (Å²) in [5.41, 5.74) is 3.14. The van der Waals surface area contributed by atoms with E-state index in [2.05, 4.69) is 22.4 Å². The van der Waals surface area contributed by atoms with Gasteiger partial charge in [-0.3, -0.25) is 4.79 Å². The van der Waals surface area contributed by atoms with E-state index >= 15 is 0 Å². The predicted molar refractivity (Wildman–Crippen MR) is 81.7 cm³/mol. The highest BCUT2D eigenvalue weighted by atomic mass is 16.2. The van der Waals surface area contributed by atoms with Gasteiger partial charge in [-0.25, -0.2) is 10.8 Å². The first kappa shape index (κ1) is 14.3. The quantitative estimate of drug-likeness (QED) is 0.625. The first-order valence-electron chi connectivity index (χ1n) is 7.61. The van der Waals surface area contributed by atoms with Crippen LogP contribution in [0.2, 0.25) is 0 Å².